The lowest BCUT2D eigenvalue weighted by molar-refractivity contribution is 0.0695. The van der Waals surface area contributed by atoms with Gasteiger partial charge in [-0.25, -0.2) is 4.79 Å². The highest BCUT2D eigenvalue weighted by Crippen LogP contribution is 2.24. The van der Waals surface area contributed by atoms with Crippen LogP contribution < -0.4 is 14.2 Å². The zero-order valence-electron chi connectivity index (χ0n) is 19.1. The zero-order valence-corrected chi connectivity index (χ0v) is 19.1. The van der Waals surface area contributed by atoms with Crippen LogP contribution in [0, 0.1) is 0 Å². The van der Waals surface area contributed by atoms with Crippen LogP contribution in [0.1, 0.15) is 75.1 Å². The molecule has 0 unspecified atom stereocenters. The molecule has 0 fully saturated rings. The van der Waals surface area contributed by atoms with Crippen molar-refractivity contribution in [2.45, 2.75) is 64.7 Å². The van der Waals surface area contributed by atoms with E-state index in [1.807, 2.05) is 0 Å². The lowest BCUT2D eigenvalue weighted by Gasteiger charge is -2.12. The molecule has 2 N–H and O–H groups in total. The van der Waals surface area contributed by atoms with Crippen molar-refractivity contribution in [1.82, 2.24) is 0 Å². The quantitative estimate of drug-likeness (QED) is 0.272. The lowest BCUT2D eigenvalue weighted by Crippen LogP contribution is -2.06. The third kappa shape index (κ3) is 10.4. The predicted octanol–water partition coefficient (Wildman–Crippen LogP) is 6.46. The number of aromatic hydroxyl groups is 1. The van der Waals surface area contributed by atoms with E-state index in [0.717, 1.165) is 12.8 Å². The van der Waals surface area contributed by atoms with Crippen molar-refractivity contribution in [3.05, 3.63) is 48.0 Å². The number of carboxylic acids is 1. The van der Waals surface area contributed by atoms with Gasteiger partial charge in [0.25, 0.3) is 0 Å². The van der Waals surface area contributed by atoms with Gasteiger partial charge in [-0.1, -0.05) is 51.9 Å². The molecular weight excluding hydrogens is 408 g/mol. The summed E-state index contributed by atoms with van der Waals surface area (Å²) in [5.74, 6) is 0.846. The number of hydrogen-bond acceptors (Lipinski definition) is 5. The molecular formula is C26H36O6. The zero-order chi connectivity index (χ0) is 23.0. The van der Waals surface area contributed by atoms with Crippen LogP contribution in [0.4, 0.5) is 0 Å². The van der Waals surface area contributed by atoms with Gasteiger partial charge in [0.1, 0.15) is 23.0 Å². The van der Waals surface area contributed by atoms with Crippen LogP contribution in [-0.4, -0.2) is 36.0 Å². The minimum atomic E-state index is -1.01. The molecule has 2 rings (SSSR count). The lowest BCUT2D eigenvalue weighted by atomic mass is 10.1. The van der Waals surface area contributed by atoms with Gasteiger partial charge in [0, 0.05) is 12.5 Å². The molecule has 0 aliphatic rings. The highest BCUT2D eigenvalue weighted by Gasteiger charge is 2.09. The molecule has 2 aromatic rings. The van der Waals surface area contributed by atoms with Gasteiger partial charge in [-0.05, 0) is 42.8 Å². The average molecular weight is 445 g/mol. The van der Waals surface area contributed by atoms with E-state index in [0.29, 0.717) is 43.5 Å². The second-order valence-corrected chi connectivity index (χ2v) is 7.87. The third-order valence-electron chi connectivity index (χ3n) is 5.06. The second kappa shape index (κ2) is 15.0. The molecule has 6 nitrogen and oxygen atoms in total. The Kier molecular flexibility index (Phi) is 11.9. The topological polar surface area (TPSA) is 85.2 Å². The standard InChI is InChI=1S/C26H36O6/c1-2-3-4-5-6-7-8-9-15-31-24-18-21(26(28)29)19-25(20-24)32-17-10-16-30-23-13-11-22(27)12-14-23/h11-14,18-20,27H,2-10,15-17H2,1H3,(H,28,29). The molecule has 0 aromatic heterocycles. The number of rotatable bonds is 17. The Labute approximate surface area is 191 Å². The number of carbonyl (C=O) groups is 1. The van der Waals surface area contributed by atoms with Crippen LogP contribution in [0.25, 0.3) is 0 Å². The van der Waals surface area contributed by atoms with Crippen molar-refractivity contribution in [3.63, 3.8) is 0 Å². The first-order valence-corrected chi connectivity index (χ1v) is 11.6. The van der Waals surface area contributed by atoms with Crippen molar-refractivity contribution in [3.8, 4) is 23.0 Å². The summed E-state index contributed by atoms with van der Waals surface area (Å²) in [5, 5.41) is 18.6. The monoisotopic (exact) mass is 444 g/mol. The van der Waals surface area contributed by atoms with Crippen molar-refractivity contribution >= 4 is 5.97 Å². The van der Waals surface area contributed by atoms with E-state index < -0.39 is 5.97 Å². The van der Waals surface area contributed by atoms with Crippen molar-refractivity contribution < 1.29 is 29.2 Å². The van der Waals surface area contributed by atoms with Crippen LogP contribution >= 0.6 is 0 Å². The first-order chi connectivity index (χ1) is 15.6. The number of aromatic carboxylic acids is 1. The van der Waals surface area contributed by atoms with Gasteiger partial charge >= 0.3 is 5.97 Å². The summed E-state index contributed by atoms with van der Waals surface area (Å²) in [7, 11) is 0. The number of ether oxygens (including phenoxy) is 3. The van der Waals surface area contributed by atoms with Crippen molar-refractivity contribution in [2.24, 2.45) is 0 Å². The van der Waals surface area contributed by atoms with Gasteiger partial charge in [-0.15, -0.1) is 0 Å². The second-order valence-electron chi connectivity index (χ2n) is 7.87. The van der Waals surface area contributed by atoms with Gasteiger partial charge in [0.2, 0.25) is 0 Å². The van der Waals surface area contributed by atoms with Crippen LogP contribution in [-0.2, 0) is 0 Å². The van der Waals surface area contributed by atoms with Crippen molar-refractivity contribution in [1.29, 1.82) is 0 Å². The smallest absolute Gasteiger partial charge is 0.335 e. The summed E-state index contributed by atoms with van der Waals surface area (Å²) in [4.78, 5) is 11.4. The molecule has 6 heteroatoms. The Hall–Kier alpha value is -2.89. The van der Waals surface area contributed by atoms with E-state index in [1.54, 1.807) is 30.3 Å². The average Bonchev–Trinajstić information content (AvgIpc) is 2.79. The third-order valence-corrected chi connectivity index (χ3v) is 5.06. The maximum Gasteiger partial charge on any atom is 0.335 e. The Morgan fingerprint density at radius 1 is 0.688 bits per heavy atom. The highest BCUT2D eigenvalue weighted by molar-refractivity contribution is 5.88. The summed E-state index contributed by atoms with van der Waals surface area (Å²) < 4.78 is 17.1. The maximum absolute atomic E-state index is 11.4. The van der Waals surface area contributed by atoms with E-state index >= 15 is 0 Å². The molecule has 0 amide bonds. The van der Waals surface area contributed by atoms with E-state index in [-0.39, 0.29) is 11.3 Å². The number of carboxylic acid groups (broad SMARTS) is 1. The number of phenolic OH excluding ortho intramolecular Hbond substituents is 1. The summed E-state index contributed by atoms with van der Waals surface area (Å²) in [6.07, 6.45) is 10.4. The first-order valence-electron chi connectivity index (χ1n) is 11.6. The van der Waals surface area contributed by atoms with Crippen molar-refractivity contribution in [2.75, 3.05) is 19.8 Å². The van der Waals surface area contributed by atoms with Crippen LogP contribution in [0.3, 0.4) is 0 Å². The number of hydrogen-bond donors (Lipinski definition) is 2. The summed E-state index contributed by atoms with van der Waals surface area (Å²) in [6, 6.07) is 11.3. The van der Waals surface area contributed by atoms with Gasteiger partial charge in [0.05, 0.1) is 25.4 Å². The molecule has 0 heterocycles. The van der Waals surface area contributed by atoms with Gasteiger partial charge in [-0.2, -0.15) is 0 Å². The minimum absolute atomic E-state index is 0.147. The Morgan fingerprint density at radius 3 is 1.75 bits per heavy atom. The van der Waals surface area contributed by atoms with Gasteiger partial charge < -0.3 is 24.4 Å². The SMILES string of the molecule is CCCCCCCCCCOc1cc(OCCCOc2ccc(O)cc2)cc(C(=O)O)c1. The number of benzene rings is 2. The van der Waals surface area contributed by atoms with E-state index in [4.69, 9.17) is 14.2 Å². The van der Waals surface area contributed by atoms with Crippen LogP contribution in [0.2, 0.25) is 0 Å². The first kappa shape index (κ1) is 25.4. The highest BCUT2D eigenvalue weighted by atomic mass is 16.5. The molecule has 0 aliphatic heterocycles. The van der Waals surface area contributed by atoms with E-state index in [1.165, 1.54) is 50.7 Å². The predicted molar refractivity (Wildman–Crippen MR) is 125 cm³/mol. The van der Waals surface area contributed by atoms with Crippen LogP contribution in [0.15, 0.2) is 42.5 Å². The summed E-state index contributed by atoms with van der Waals surface area (Å²) in [5.41, 5.74) is 0.147. The van der Waals surface area contributed by atoms with Crippen LogP contribution in [0.5, 0.6) is 23.0 Å². The molecule has 0 aliphatic carbocycles. The molecule has 0 saturated carbocycles. The number of unbranched alkanes of at least 4 members (excludes halogenated alkanes) is 7. The molecule has 0 saturated heterocycles. The molecule has 0 radical (unpaired) electrons. The summed E-state index contributed by atoms with van der Waals surface area (Å²) >= 11 is 0. The minimum Gasteiger partial charge on any atom is -0.508 e. The van der Waals surface area contributed by atoms with E-state index in [9.17, 15) is 15.0 Å². The largest absolute Gasteiger partial charge is 0.508 e. The Balaban J connectivity index is 1.70. The Morgan fingerprint density at radius 2 is 1.19 bits per heavy atom. The maximum atomic E-state index is 11.4. The fourth-order valence-corrected chi connectivity index (χ4v) is 3.27. The Bertz CT molecular complexity index is 787. The van der Waals surface area contributed by atoms with Gasteiger partial charge in [-0.3, -0.25) is 0 Å². The molecule has 0 bridgehead atoms. The summed E-state index contributed by atoms with van der Waals surface area (Å²) in [6.45, 7) is 3.63. The fraction of sp³-hybridized carbons (Fsp3) is 0.500. The van der Waals surface area contributed by atoms with Gasteiger partial charge in [0.15, 0.2) is 0 Å². The molecule has 0 spiro atoms. The number of phenols is 1. The molecule has 2 aromatic carbocycles. The molecule has 32 heavy (non-hydrogen) atoms. The molecule has 176 valence electrons. The molecule has 0 atom stereocenters. The normalized spacial score (nSPS) is 10.7. The van der Waals surface area contributed by atoms with E-state index in [2.05, 4.69) is 6.92 Å². The fourth-order valence-electron chi connectivity index (χ4n) is 3.27.